The monoisotopic (exact) mass is 694 g/mol. The number of thiazole rings is 1. The van der Waals surface area contributed by atoms with Crippen molar-refractivity contribution in [3.8, 4) is 0 Å². The molecule has 0 aliphatic carbocycles. The molecular formula is C35H58N4O8S. The first-order valence-corrected chi connectivity index (χ1v) is 18.3. The number of nitrogens with one attached hydrogen (secondary N) is 1. The maximum absolute atomic E-state index is 14.7. The third-order valence-electron chi connectivity index (χ3n) is 8.69. The molecule has 5 atom stereocenters. The van der Waals surface area contributed by atoms with Crippen LogP contribution in [-0.4, -0.2) is 80.6 Å². The van der Waals surface area contributed by atoms with Gasteiger partial charge in [-0.3, -0.25) is 19.3 Å². The van der Waals surface area contributed by atoms with Crippen LogP contribution in [0.15, 0.2) is 5.38 Å². The molecule has 0 spiro atoms. The fourth-order valence-electron chi connectivity index (χ4n) is 5.96. The summed E-state index contributed by atoms with van der Waals surface area (Å²) in [5.74, 6) is -3.90. The van der Waals surface area contributed by atoms with E-state index in [4.69, 9.17) is 9.47 Å². The number of carbonyl (C=O) groups is 5. The average molecular weight is 695 g/mol. The van der Waals surface area contributed by atoms with E-state index in [2.05, 4.69) is 17.2 Å². The number of carbonyl (C=O) groups excluding carboxylic acids is 4. The van der Waals surface area contributed by atoms with Gasteiger partial charge in [0.25, 0.3) is 0 Å². The summed E-state index contributed by atoms with van der Waals surface area (Å²) in [5, 5.41) is 14.2. The third-order valence-corrected chi connectivity index (χ3v) is 9.62. The number of esters is 1. The van der Waals surface area contributed by atoms with Crippen molar-refractivity contribution in [3.05, 3.63) is 16.1 Å². The Bertz CT molecular complexity index is 1230. The Balaban J connectivity index is 2.48. The number of hydrogen-bond acceptors (Lipinski definition) is 9. The molecule has 1 fully saturated rings. The van der Waals surface area contributed by atoms with Gasteiger partial charge in [0.2, 0.25) is 11.8 Å². The number of carboxylic acids is 1. The Morgan fingerprint density at radius 3 is 2.33 bits per heavy atom. The van der Waals surface area contributed by atoms with Gasteiger partial charge in [-0.25, -0.2) is 14.6 Å². The van der Waals surface area contributed by atoms with Crippen molar-refractivity contribution in [2.24, 2.45) is 17.8 Å². The van der Waals surface area contributed by atoms with Crippen LogP contribution in [0.5, 0.6) is 0 Å². The molecule has 0 saturated carbocycles. The van der Waals surface area contributed by atoms with Gasteiger partial charge in [-0.15, -0.1) is 11.3 Å². The van der Waals surface area contributed by atoms with Gasteiger partial charge in [-0.1, -0.05) is 60.3 Å². The molecule has 1 aliphatic rings. The molecule has 0 aromatic carbocycles. The molecular weight excluding hydrogens is 636 g/mol. The molecule has 1 aliphatic heterocycles. The van der Waals surface area contributed by atoms with Crippen molar-refractivity contribution in [1.82, 2.24) is 20.1 Å². The van der Waals surface area contributed by atoms with Crippen LogP contribution in [0.3, 0.4) is 0 Å². The Kier molecular flexibility index (Phi) is 16.3. The number of hydrogen-bond donors (Lipinski definition) is 2. The summed E-state index contributed by atoms with van der Waals surface area (Å²) in [6, 6.07) is -0.451. The van der Waals surface area contributed by atoms with Crippen LogP contribution in [-0.2, 0) is 23.9 Å². The topological polar surface area (TPSA) is 155 Å². The van der Waals surface area contributed by atoms with Crippen LogP contribution in [0.4, 0.5) is 4.79 Å². The molecule has 272 valence electrons. The van der Waals surface area contributed by atoms with Crippen LogP contribution >= 0.6 is 11.3 Å². The molecule has 0 unspecified atom stereocenters. The van der Waals surface area contributed by atoms with E-state index in [0.717, 1.165) is 49.9 Å². The van der Waals surface area contributed by atoms with E-state index in [-0.39, 0.29) is 29.9 Å². The van der Waals surface area contributed by atoms with Crippen LogP contribution < -0.4 is 5.32 Å². The maximum Gasteiger partial charge on any atom is 0.411 e. The standard InChI is InChI=1S/C35H58N4O8S/c1-10-12-13-15-18-38(26(22(3)4)20-27(46-24(6)40)31-36-25(21-48-31)33(43)44)32(42)29(23(5)11-2)30(41)37-28-17-14-16-19-39(28)34(45)47-35(7,8)9/h21-23,26-29H,10-20H2,1-9H3,(H,37,41)(H,43,44)/t23-,26+,27+,28+,29-/m0/s1. The fraction of sp³-hybridized carbons (Fsp3) is 0.771. The van der Waals surface area contributed by atoms with E-state index in [1.807, 2.05) is 27.7 Å². The molecule has 12 nitrogen and oxygen atoms in total. The highest BCUT2D eigenvalue weighted by molar-refractivity contribution is 7.09. The van der Waals surface area contributed by atoms with Gasteiger partial charge in [0.1, 0.15) is 22.7 Å². The number of aromatic nitrogens is 1. The lowest BCUT2D eigenvalue weighted by Gasteiger charge is -2.40. The van der Waals surface area contributed by atoms with Gasteiger partial charge in [0, 0.05) is 37.9 Å². The Morgan fingerprint density at radius 2 is 1.79 bits per heavy atom. The van der Waals surface area contributed by atoms with Crippen molar-refractivity contribution >= 4 is 41.2 Å². The van der Waals surface area contributed by atoms with Gasteiger partial charge in [-0.2, -0.15) is 0 Å². The summed E-state index contributed by atoms with van der Waals surface area (Å²) in [6.45, 7) is 17.4. The minimum absolute atomic E-state index is 0.0984. The Morgan fingerprint density at radius 1 is 1.10 bits per heavy atom. The molecule has 1 aromatic heterocycles. The minimum Gasteiger partial charge on any atom is -0.476 e. The number of amides is 3. The van der Waals surface area contributed by atoms with Gasteiger partial charge in [-0.05, 0) is 58.3 Å². The molecule has 3 amide bonds. The zero-order valence-electron chi connectivity index (χ0n) is 30.4. The summed E-state index contributed by atoms with van der Waals surface area (Å²) in [4.78, 5) is 73.3. The lowest BCUT2D eigenvalue weighted by atomic mass is 9.87. The molecule has 2 rings (SSSR count). The largest absolute Gasteiger partial charge is 0.476 e. The highest BCUT2D eigenvalue weighted by atomic mass is 32.1. The number of rotatable bonds is 17. The molecule has 1 saturated heterocycles. The highest BCUT2D eigenvalue weighted by Crippen LogP contribution is 2.33. The van der Waals surface area contributed by atoms with Crippen molar-refractivity contribution in [3.63, 3.8) is 0 Å². The first-order chi connectivity index (χ1) is 22.5. The second-order valence-electron chi connectivity index (χ2n) is 14.2. The predicted molar refractivity (Wildman–Crippen MR) is 184 cm³/mol. The van der Waals surface area contributed by atoms with E-state index in [1.54, 1.807) is 30.6 Å². The number of nitrogens with zero attached hydrogens (tertiary/aromatic N) is 3. The molecule has 0 bridgehead atoms. The van der Waals surface area contributed by atoms with Crippen LogP contribution in [0.2, 0.25) is 0 Å². The lowest BCUT2D eigenvalue weighted by Crippen LogP contribution is -2.58. The van der Waals surface area contributed by atoms with E-state index >= 15 is 0 Å². The molecule has 1 aromatic rings. The Labute approximate surface area is 290 Å². The number of unbranched alkanes of at least 4 members (excludes halogenated alkanes) is 3. The first-order valence-electron chi connectivity index (χ1n) is 17.5. The summed E-state index contributed by atoms with van der Waals surface area (Å²) in [7, 11) is 0. The smallest absolute Gasteiger partial charge is 0.411 e. The number of piperidine rings is 1. The lowest BCUT2D eigenvalue weighted by molar-refractivity contribution is -0.151. The average Bonchev–Trinajstić information content (AvgIpc) is 3.49. The molecule has 48 heavy (non-hydrogen) atoms. The Hall–Kier alpha value is -3.22. The second kappa shape index (κ2) is 19.1. The first kappa shape index (κ1) is 41.0. The summed E-state index contributed by atoms with van der Waals surface area (Å²) in [6.07, 6.45) is 4.60. The fourth-order valence-corrected chi connectivity index (χ4v) is 6.80. The van der Waals surface area contributed by atoms with E-state index in [0.29, 0.717) is 30.9 Å². The van der Waals surface area contributed by atoms with Crippen LogP contribution in [0.25, 0.3) is 0 Å². The maximum atomic E-state index is 14.7. The van der Waals surface area contributed by atoms with Crippen molar-refractivity contribution < 1.29 is 38.6 Å². The number of likely N-dealkylation sites (tertiary alicyclic amines) is 1. The number of ether oxygens (including phenoxy) is 2. The van der Waals surface area contributed by atoms with E-state index in [1.165, 1.54) is 12.3 Å². The summed E-state index contributed by atoms with van der Waals surface area (Å²) in [5.41, 5.74) is -0.836. The highest BCUT2D eigenvalue weighted by Gasteiger charge is 2.41. The predicted octanol–water partition coefficient (Wildman–Crippen LogP) is 6.79. The number of aromatic carboxylic acids is 1. The molecule has 0 radical (unpaired) electrons. The SMILES string of the molecule is CCCCCCN(C(=O)[C@H](C(=O)N[C@H]1CCCCN1C(=O)OC(C)(C)C)[C@@H](C)CC)[C@H](C[C@@H](OC(C)=O)c1nc(C(=O)O)cs1)C(C)C. The van der Waals surface area contributed by atoms with E-state index in [9.17, 15) is 29.1 Å². The zero-order valence-corrected chi connectivity index (χ0v) is 31.2. The van der Waals surface area contributed by atoms with Crippen LogP contribution in [0.1, 0.15) is 142 Å². The summed E-state index contributed by atoms with van der Waals surface area (Å²) >= 11 is 1.09. The number of carboxylic acid groups (broad SMARTS) is 1. The molecule has 2 N–H and O–H groups in total. The second-order valence-corrected chi connectivity index (χ2v) is 15.1. The van der Waals surface area contributed by atoms with Gasteiger partial charge < -0.3 is 24.8 Å². The minimum atomic E-state index is -1.18. The van der Waals surface area contributed by atoms with Crippen molar-refractivity contribution in [2.45, 2.75) is 144 Å². The van der Waals surface area contributed by atoms with Gasteiger partial charge >= 0.3 is 18.0 Å². The van der Waals surface area contributed by atoms with Crippen molar-refractivity contribution in [2.75, 3.05) is 13.1 Å². The third kappa shape index (κ3) is 12.3. The summed E-state index contributed by atoms with van der Waals surface area (Å²) < 4.78 is 11.3. The van der Waals surface area contributed by atoms with Crippen molar-refractivity contribution in [1.29, 1.82) is 0 Å². The van der Waals surface area contributed by atoms with Gasteiger partial charge in [0.15, 0.2) is 11.8 Å². The molecule has 2 heterocycles. The molecule has 13 heteroatoms. The van der Waals surface area contributed by atoms with Gasteiger partial charge in [0.05, 0.1) is 0 Å². The van der Waals surface area contributed by atoms with E-state index < -0.39 is 53.8 Å². The normalized spacial score (nSPS) is 17.6. The quantitative estimate of drug-likeness (QED) is 0.102. The zero-order chi connectivity index (χ0) is 36.2. The van der Waals surface area contributed by atoms with Crippen LogP contribution in [0, 0.1) is 17.8 Å².